The van der Waals surface area contributed by atoms with Crippen molar-refractivity contribution in [1.29, 1.82) is 0 Å². The van der Waals surface area contributed by atoms with Crippen LogP contribution in [-0.4, -0.2) is 44.9 Å². The summed E-state index contributed by atoms with van der Waals surface area (Å²) >= 11 is 0. The van der Waals surface area contributed by atoms with Crippen molar-refractivity contribution < 1.29 is 27.4 Å². The minimum absolute atomic E-state index is 0.0667. The first-order valence-corrected chi connectivity index (χ1v) is 12.0. The van der Waals surface area contributed by atoms with Crippen LogP contribution in [0.15, 0.2) is 48.5 Å². The fourth-order valence-corrected chi connectivity index (χ4v) is 3.84. The Balaban J connectivity index is 2.18. The highest BCUT2D eigenvalue weighted by molar-refractivity contribution is 5.82. The van der Waals surface area contributed by atoms with Gasteiger partial charge in [0.1, 0.15) is 17.5 Å². The monoisotopic (exact) mass is 509 g/mol. The van der Waals surface area contributed by atoms with E-state index in [0.29, 0.717) is 24.5 Å². The Morgan fingerprint density at radius 2 is 1.67 bits per heavy atom. The molecule has 2 aromatic rings. The van der Waals surface area contributed by atoms with Crippen LogP contribution < -0.4 is 25.4 Å². The van der Waals surface area contributed by atoms with Crippen molar-refractivity contribution in [3.8, 4) is 11.5 Å². The summed E-state index contributed by atoms with van der Waals surface area (Å²) in [6, 6.07) is 9.63. The van der Waals surface area contributed by atoms with Gasteiger partial charge in [0.2, 0.25) is 5.91 Å². The number of carbonyl (C=O) groups excluding carboxylic acids is 1. The summed E-state index contributed by atoms with van der Waals surface area (Å²) in [6.07, 6.45) is -3.75. The number of hydrogen-bond acceptors (Lipinski definition) is 5. The fraction of sp³-hybridized carbons (Fsp3) is 0.519. The van der Waals surface area contributed by atoms with Gasteiger partial charge in [-0.2, -0.15) is 13.2 Å². The molecular weight excluding hydrogens is 471 g/mol. The van der Waals surface area contributed by atoms with E-state index in [9.17, 15) is 18.0 Å². The van der Waals surface area contributed by atoms with E-state index < -0.39 is 24.2 Å². The molecule has 2 aromatic carbocycles. The van der Waals surface area contributed by atoms with Crippen molar-refractivity contribution in [3.05, 3.63) is 54.1 Å². The Morgan fingerprint density at radius 3 is 2.19 bits per heavy atom. The maximum Gasteiger partial charge on any atom is 0.407 e. The van der Waals surface area contributed by atoms with Gasteiger partial charge in [0, 0.05) is 18.7 Å². The van der Waals surface area contributed by atoms with Gasteiger partial charge in [-0.05, 0) is 36.0 Å². The maximum atomic E-state index is 14.0. The highest BCUT2D eigenvalue weighted by Crippen LogP contribution is 2.34. The number of rotatable bonds is 12. The highest BCUT2D eigenvalue weighted by Gasteiger charge is 2.43. The van der Waals surface area contributed by atoms with Gasteiger partial charge in [0.05, 0.1) is 25.9 Å². The second kappa shape index (κ2) is 12.9. The Morgan fingerprint density at radius 1 is 1.00 bits per heavy atom. The van der Waals surface area contributed by atoms with Crippen LogP contribution in [0.25, 0.3) is 0 Å². The lowest BCUT2D eigenvalue weighted by molar-refractivity contribution is -0.161. The molecule has 1 amide bonds. The molecule has 0 aromatic heterocycles. The number of methoxy groups -OCH3 is 2. The van der Waals surface area contributed by atoms with Crippen molar-refractivity contribution in [3.63, 3.8) is 0 Å². The molecule has 0 saturated heterocycles. The van der Waals surface area contributed by atoms with Gasteiger partial charge in [-0.15, -0.1) is 0 Å². The van der Waals surface area contributed by atoms with E-state index >= 15 is 0 Å². The number of hydrogen-bond donors (Lipinski definition) is 3. The summed E-state index contributed by atoms with van der Waals surface area (Å²) in [6.45, 7) is 7.97. The number of anilines is 1. The number of nitrogens with one attached hydrogen (secondary N) is 3. The lowest BCUT2D eigenvalue weighted by atomic mass is 9.87. The molecule has 200 valence electrons. The topological polar surface area (TPSA) is 71.6 Å². The number of benzene rings is 2. The number of halogens is 3. The van der Waals surface area contributed by atoms with Gasteiger partial charge in [-0.25, -0.2) is 0 Å². The van der Waals surface area contributed by atoms with Crippen molar-refractivity contribution in [2.75, 3.05) is 26.1 Å². The quantitative estimate of drug-likeness (QED) is 0.342. The Bertz CT molecular complexity index is 962. The smallest absolute Gasteiger partial charge is 0.407 e. The van der Waals surface area contributed by atoms with Crippen molar-refractivity contribution in [2.45, 2.75) is 64.8 Å². The standard InChI is InChI=1S/C27H38F3N3O3/c1-7-19(17-31-21-14-13-20(35-5)15-23(21)36-6)32-25(34)22(16-26(2,3)4)33-24(27(28,29)30)18-11-9-8-10-12-18/h8-15,19,22,24,31,33H,7,16-17H2,1-6H3,(H,32,34)/t19-,22-,24-/m0/s1. The second-order valence-electron chi connectivity index (χ2n) is 9.93. The molecule has 2 rings (SSSR count). The molecule has 0 fully saturated rings. The minimum atomic E-state index is -4.56. The van der Waals surface area contributed by atoms with E-state index in [1.54, 1.807) is 44.6 Å². The third kappa shape index (κ3) is 8.93. The Kier molecular flexibility index (Phi) is 10.5. The molecule has 0 spiro atoms. The molecule has 3 N–H and O–H groups in total. The van der Waals surface area contributed by atoms with Crippen LogP contribution in [0, 0.1) is 5.41 Å². The first kappa shape index (κ1) is 29.3. The molecule has 0 radical (unpaired) electrons. The summed E-state index contributed by atoms with van der Waals surface area (Å²) < 4.78 is 52.6. The van der Waals surface area contributed by atoms with Crippen LogP contribution in [0.5, 0.6) is 11.5 Å². The SMILES string of the molecule is CC[C@@H](CNc1ccc(OC)cc1OC)NC(=O)[C@H](CC(C)(C)C)N[C@@H](c1ccccc1)C(F)(F)F. The highest BCUT2D eigenvalue weighted by atomic mass is 19.4. The van der Waals surface area contributed by atoms with E-state index in [-0.39, 0.29) is 23.4 Å². The molecule has 6 nitrogen and oxygen atoms in total. The molecular formula is C27H38F3N3O3. The average Bonchev–Trinajstić information content (AvgIpc) is 2.83. The number of alkyl halides is 3. The molecule has 0 aliphatic heterocycles. The molecule has 36 heavy (non-hydrogen) atoms. The zero-order valence-electron chi connectivity index (χ0n) is 21.8. The average molecular weight is 510 g/mol. The molecule has 0 saturated carbocycles. The third-order valence-corrected chi connectivity index (χ3v) is 5.75. The number of carbonyl (C=O) groups is 1. The molecule has 9 heteroatoms. The van der Waals surface area contributed by atoms with Gasteiger partial charge < -0.3 is 20.1 Å². The normalized spacial score (nSPS) is 14.5. The van der Waals surface area contributed by atoms with Crippen LogP contribution in [0.1, 0.15) is 52.1 Å². The summed E-state index contributed by atoms with van der Waals surface area (Å²) in [5.74, 6) is 0.760. The number of amides is 1. The van der Waals surface area contributed by atoms with Gasteiger partial charge in [0.15, 0.2) is 0 Å². The van der Waals surface area contributed by atoms with Gasteiger partial charge in [-0.3, -0.25) is 10.1 Å². The van der Waals surface area contributed by atoms with Gasteiger partial charge >= 0.3 is 6.18 Å². The minimum Gasteiger partial charge on any atom is -0.497 e. The molecule has 0 unspecified atom stereocenters. The maximum absolute atomic E-state index is 14.0. The Hall–Kier alpha value is -2.94. The predicted octanol–water partition coefficient (Wildman–Crippen LogP) is 5.71. The van der Waals surface area contributed by atoms with Gasteiger partial charge in [0.25, 0.3) is 0 Å². The predicted molar refractivity (Wildman–Crippen MR) is 136 cm³/mol. The fourth-order valence-electron chi connectivity index (χ4n) is 3.84. The molecule has 3 atom stereocenters. The lowest BCUT2D eigenvalue weighted by Crippen LogP contribution is -2.53. The first-order valence-electron chi connectivity index (χ1n) is 12.0. The molecule has 0 heterocycles. The summed E-state index contributed by atoms with van der Waals surface area (Å²) in [4.78, 5) is 13.3. The van der Waals surface area contributed by atoms with E-state index in [1.807, 2.05) is 33.8 Å². The second-order valence-corrected chi connectivity index (χ2v) is 9.93. The first-order chi connectivity index (χ1) is 16.9. The van der Waals surface area contributed by atoms with E-state index in [0.717, 1.165) is 5.69 Å². The van der Waals surface area contributed by atoms with E-state index in [4.69, 9.17) is 9.47 Å². The largest absolute Gasteiger partial charge is 0.497 e. The van der Waals surface area contributed by atoms with Crippen molar-refractivity contribution >= 4 is 11.6 Å². The molecule has 0 bridgehead atoms. The van der Waals surface area contributed by atoms with Crippen LogP contribution in [0.4, 0.5) is 18.9 Å². The van der Waals surface area contributed by atoms with Crippen LogP contribution in [0.2, 0.25) is 0 Å². The van der Waals surface area contributed by atoms with Crippen LogP contribution >= 0.6 is 0 Å². The van der Waals surface area contributed by atoms with E-state index in [1.165, 1.54) is 12.1 Å². The summed E-state index contributed by atoms with van der Waals surface area (Å²) in [7, 11) is 3.11. The third-order valence-electron chi connectivity index (χ3n) is 5.75. The van der Waals surface area contributed by atoms with Crippen LogP contribution in [-0.2, 0) is 4.79 Å². The lowest BCUT2D eigenvalue weighted by Gasteiger charge is -2.32. The van der Waals surface area contributed by atoms with Gasteiger partial charge in [-0.1, -0.05) is 58.0 Å². The zero-order chi connectivity index (χ0) is 26.9. The zero-order valence-corrected chi connectivity index (χ0v) is 21.8. The van der Waals surface area contributed by atoms with Crippen molar-refractivity contribution in [2.24, 2.45) is 5.41 Å². The van der Waals surface area contributed by atoms with E-state index in [2.05, 4.69) is 16.0 Å². The van der Waals surface area contributed by atoms with Crippen LogP contribution in [0.3, 0.4) is 0 Å². The summed E-state index contributed by atoms with van der Waals surface area (Å²) in [5, 5.41) is 8.79. The number of ether oxygens (including phenoxy) is 2. The summed E-state index contributed by atoms with van der Waals surface area (Å²) in [5.41, 5.74) is 0.409. The molecule has 0 aliphatic carbocycles. The Labute approximate surface area is 211 Å². The molecule has 0 aliphatic rings. The van der Waals surface area contributed by atoms with Crippen molar-refractivity contribution in [1.82, 2.24) is 10.6 Å².